The van der Waals surface area contributed by atoms with Gasteiger partial charge < -0.3 is 15.5 Å². The van der Waals surface area contributed by atoms with Crippen LogP contribution < -0.4 is 15.5 Å². The van der Waals surface area contributed by atoms with Crippen LogP contribution >= 0.6 is 23.2 Å². The molecule has 2 aliphatic rings. The molecule has 1 aliphatic carbocycles. The van der Waals surface area contributed by atoms with Gasteiger partial charge in [0.25, 0.3) is 0 Å². The molecule has 0 spiro atoms. The van der Waals surface area contributed by atoms with Gasteiger partial charge in [-0.3, -0.25) is 4.90 Å². The molecule has 1 saturated heterocycles. The van der Waals surface area contributed by atoms with Gasteiger partial charge in [-0.05, 0) is 63.1 Å². The lowest BCUT2D eigenvalue weighted by molar-refractivity contribution is 0.205. The molecule has 7 heteroatoms. The highest BCUT2D eigenvalue weighted by atomic mass is 35.5. The summed E-state index contributed by atoms with van der Waals surface area (Å²) in [5, 5.41) is 7.31. The molecule has 1 aromatic carbocycles. The van der Waals surface area contributed by atoms with E-state index < -0.39 is 0 Å². The second kappa shape index (κ2) is 11.3. The fraction of sp³-hybridized carbons (Fsp3) is 0.682. The van der Waals surface area contributed by atoms with Gasteiger partial charge in [-0.15, -0.1) is 0 Å². The number of hydrogen-bond donors (Lipinski definition) is 2. The Kier molecular flexibility index (Phi) is 8.76. The normalized spacial score (nSPS) is 23.1. The van der Waals surface area contributed by atoms with Gasteiger partial charge in [0.05, 0.1) is 15.7 Å². The van der Waals surface area contributed by atoms with Gasteiger partial charge >= 0.3 is 6.03 Å². The molecule has 2 amide bonds. The van der Waals surface area contributed by atoms with Crippen molar-refractivity contribution in [2.45, 2.75) is 51.5 Å². The average Bonchev–Trinajstić information content (AvgIpc) is 2.74. The molecule has 5 nitrogen and oxygen atoms in total. The van der Waals surface area contributed by atoms with Crippen molar-refractivity contribution < 1.29 is 4.79 Å². The maximum atomic E-state index is 11.8. The first-order valence-corrected chi connectivity index (χ1v) is 11.8. The van der Waals surface area contributed by atoms with Gasteiger partial charge in [0.15, 0.2) is 0 Å². The Morgan fingerprint density at radius 1 is 1.10 bits per heavy atom. The zero-order valence-corrected chi connectivity index (χ0v) is 18.9. The molecule has 1 saturated carbocycles. The highest BCUT2D eigenvalue weighted by molar-refractivity contribution is 6.43. The third-order valence-electron chi connectivity index (χ3n) is 6.22. The molecule has 0 radical (unpaired) electrons. The van der Waals surface area contributed by atoms with Crippen molar-refractivity contribution in [1.82, 2.24) is 15.5 Å². The molecule has 2 N–H and O–H groups in total. The Balaban J connectivity index is 1.33. The van der Waals surface area contributed by atoms with Crippen molar-refractivity contribution in [3.63, 3.8) is 0 Å². The first-order chi connectivity index (χ1) is 14.1. The van der Waals surface area contributed by atoms with Crippen molar-refractivity contribution in [3.8, 4) is 0 Å². The predicted octanol–water partition coefficient (Wildman–Crippen LogP) is 4.77. The minimum atomic E-state index is -0.00650. The minimum absolute atomic E-state index is 0.00650. The summed E-state index contributed by atoms with van der Waals surface area (Å²) >= 11 is 12.5. The van der Waals surface area contributed by atoms with Crippen LogP contribution in [-0.4, -0.2) is 56.2 Å². The van der Waals surface area contributed by atoms with E-state index in [-0.39, 0.29) is 6.03 Å². The van der Waals surface area contributed by atoms with Gasteiger partial charge in [0.1, 0.15) is 0 Å². The fourth-order valence-corrected chi connectivity index (χ4v) is 4.80. The molecule has 1 aliphatic heterocycles. The van der Waals surface area contributed by atoms with E-state index in [1.165, 1.54) is 19.3 Å². The van der Waals surface area contributed by atoms with Gasteiger partial charge in [-0.25, -0.2) is 4.79 Å². The van der Waals surface area contributed by atoms with E-state index in [2.05, 4.69) is 33.4 Å². The number of amides is 2. The maximum absolute atomic E-state index is 11.8. The van der Waals surface area contributed by atoms with Crippen LogP contribution in [0.4, 0.5) is 10.5 Å². The van der Waals surface area contributed by atoms with E-state index in [1.807, 2.05) is 12.1 Å². The largest absolute Gasteiger partial charge is 0.368 e. The lowest BCUT2D eigenvalue weighted by Crippen LogP contribution is -2.47. The standard InChI is InChI=1S/C22H34Cl2N4O/c1-2-11-25-22(29)26-18-8-6-17(7-9-18)10-12-27-13-15-28(16-14-27)20-5-3-4-19(23)21(20)24/h3-5,17-18H,2,6-16H2,1H3,(H2,25,26,29). The number of halogens is 2. The van der Waals surface area contributed by atoms with Crippen molar-refractivity contribution in [3.05, 3.63) is 28.2 Å². The first-order valence-electron chi connectivity index (χ1n) is 11.0. The van der Waals surface area contributed by atoms with E-state index in [4.69, 9.17) is 23.2 Å². The molecule has 162 valence electrons. The Morgan fingerprint density at radius 3 is 2.52 bits per heavy atom. The number of nitrogens with one attached hydrogen (secondary N) is 2. The lowest BCUT2D eigenvalue weighted by atomic mass is 9.84. The number of hydrogen-bond acceptors (Lipinski definition) is 3. The van der Waals surface area contributed by atoms with E-state index in [9.17, 15) is 4.79 Å². The molecule has 0 bridgehead atoms. The summed E-state index contributed by atoms with van der Waals surface area (Å²) < 4.78 is 0. The van der Waals surface area contributed by atoms with Crippen LogP contribution in [-0.2, 0) is 0 Å². The fourth-order valence-electron chi connectivity index (χ4n) is 4.38. The Morgan fingerprint density at radius 2 is 1.83 bits per heavy atom. The zero-order chi connectivity index (χ0) is 20.6. The number of carbonyl (C=O) groups excluding carboxylic acids is 1. The monoisotopic (exact) mass is 440 g/mol. The highest BCUT2D eigenvalue weighted by Gasteiger charge is 2.24. The molecular weight excluding hydrogens is 407 g/mol. The van der Waals surface area contributed by atoms with Gasteiger partial charge in [0.2, 0.25) is 0 Å². The molecule has 0 atom stereocenters. The summed E-state index contributed by atoms with van der Waals surface area (Å²) in [5.41, 5.74) is 1.05. The number of carbonyl (C=O) groups is 1. The molecule has 1 heterocycles. The second-order valence-corrected chi connectivity index (χ2v) is 9.09. The van der Waals surface area contributed by atoms with Gasteiger partial charge in [-0.1, -0.05) is 36.2 Å². The quantitative estimate of drug-likeness (QED) is 0.641. The zero-order valence-electron chi connectivity index (χ0n) is 17.4. The van der Waals surface area contributed by atoms with Crippen molar-refractivity contribution in [2.75, 3.05) is 44.2 Å². The Hall–Kier alpha value is -1.17. The third kappa shape index (κ3) is 6.66. The Labute approximate surface area is 185 Å². The van der Waals surface area contributed by atoms with Crippen molar-refractivity contribution >= 4 is 34.9 Å². The van der Waals surface area contributed by atoms with E-state index in [0.29, 0.717) is 16.1 Å². The maximum Gasteiger partial charge on any atom is 0.315 e. The molecule has 0 aromatic heterocycles. The molecule has 1 aromatic rings. The number of rotatable bonds is 7. The van der Waals surface area contributed by atoms with Crippen LogP contribution in [0.1, 0.15) is 45.4 Å². The van der Waals surface area contributed by atoms with Crippen LogP contribution in [0.3, 0.4) is 0 Å². The third-order valence-corrected chi connectivity index (χ3v) is 7.02. The number of anilines is 1. The molecule has 2 fully saturated rings. The Bertz CT molecular complexity index is 656. The van der Waals surface area contributed by atoms with E-state index in [1.54, 1.807) is 0 Å². The van der Waals surface area contributed by atoms with Crippen LogP contribution in [0, 0.1) is 5.92 Å². The number of piperazine rings is 1. The SMILES string of the molecule is CCCNC(=O)NC1CCC(CCN2CCN(c3cccc(Cl)c3Cl)CC2)CC1. The van der Waals surface area contributed by atoms with Crippen LogP contribution in [0.15, 0.2) is 18.2 Å². The lowest BCUT2D eigenvalue weighted by Gasteiger charge is -2.37. The van der Waals surface area contributed by atoms with Gasteiger partial charge in [-0.2, -0.15) is 0 Å². The topological polar surface area (TPSA) is 47.6 Å². The predicted molar refractivity (Wildman–Crippen MR) is 122 cm³/mol. The summed E-state index contributed by atoms with van der Waals surface area (Å²) in [7, 11) is 0. The average molecular weight is 441 g/mol. The second-order valence-electron chi connectivity index (χ2n) is 8.31. The van der Waals surface area contributed by atoms with Crippen molar-refractivity contribution in [2.24, 2.45) is 5.92 Å². The highest BCUT2D eigenvalue weighted by Crippen LogP contribution is 2.33. The minimum Gasteiger partial charge on any atom is -0.368 e. The van der Waals surface area contributed by atoms with Crippen LogP contribution in [0.2, 0.25) is 10.0 Å². The summed E-state index contributed by atoms with van der Waals surface area (Å²) in [4.78, 5) is 16.7. The van der Waals surface area contributed by atoms with E-state index >= 15 is 0 Å². The summed E-state index contributed by atoms with van der Waals surface area (Å²) in [6, 6.07) is 6.20. The smallest absolute Gasteiger partial charge is 0.315 e. The molecular formula is C22H34Cl2N4O. The first kappa shape index (κ1) is 22.5. The number of benzene rings is 1. The number of nitrogens with zero attached hydrogens (tertiary/aromatic N) is 2. The number of urea groups is 1. The van der Waals surface area contributed by atoms with Crippen LogP contribution in [0.5, 0.6) is 0 Å². The summed E-state index contributed by atoms with van der Waals surface area (Å²) in [6.45, 7) is 8.09. The summed E-state index contributed by atoms with van der Waals surface area (Å²) in [5.74, 6) is 0.784. The van der Waals surface area contributed by atoms with Crippen molar-refractivity contribution in [1.29, 1.82) is 0 Å². The van der Waals surface area contributed by atoms with Gasteiger partial charge in [0, 0.05) is 38.8 Å². The molecule has 3 rings (SSSR count). The summed E-state index contributed by atoms with van der Waals surface area (Å²) in [6.07, 6.45) is 6.87. The molecule has 29 heavy (non-hydrogen) atoms. The van der Waals surface area contributed by atoms with Crippen LogP contribution in [0.25, 0.3) is 0 Å². The molecule has 0 unspecified atom stereocenters. The van der Waals surface area contributed by atoms with E-state index in [0.717, 1.165) is 70.1 Å².